The molecule has 0 aromatic heterocycles. The number of rotatable bonds is 3. The summed E-state index contributed by atoms with van der Waals surface area (Å²) in [5.74, 6) is -1.16. The Kier molecular flexibility index (Phi) is 4.84. The maximum absolute atomic E-state index is 14.2. The molecule has 0 radical (unpaired) electrons. The Hall–Kier alpha value is -2.28. The molecule has 0 N–H and O–H groups in total. The third kappa shape index (κ3) is 3.48. The fraction of sp³-hybridized carbons (Fsp3) is 0.250. The summed E-state index contributed by atoms with van der Waals surface area (Å²) in [6, 6.07) is 9.04. The van der Waals surface area contributed by atoms with Crippen molar-refractivity contribution in [2.45, 2.75) is 30.5 Å². The highest BCUT2D eigenvalue weighted by molar-refractivity contribution is 7.98. The van der Waals surface area contributed by atoms with Crippen molar-refractivity contribution in [1.82, 2.24) is 0 Å². The number of carbonyl (C=O) groups is 1. The molecule has 0 unspecified atom stereocenters. The van der Waals surface area contributed by atoms with E-state index in [1.54, 1.807) is 6.26 Å². The van der Waals surface area contributed by atoms with Gasteiger partial charge in [0.2, 0.25) is 5.78 Å². The zero-order chi connectivity index (χ0) is 20.0. The third-order valence-electron chi connectivity index (χ3n) is 4.27. The molecule has 0 saturated carbocycles. The second kappa shape index (κ2) is 6.71. The second-order valence-electron chi connectivity index (χ2n) is 6.54. The second-order valence-corrected chi connectivity index (χ2v) is 7.39. The van der Waals surface area contributed by atoms with Crippen molar-refractivity contribution >= 4 is 28.9 Å². The van der Waals surface area contributed by atoms with Gasteiger partial charge in [-0.05, 0) is 44.4 Å². The molecule has 1 heterocycles. The van der Waals surface area contributed by atoms with Gasteiger partial charge in [0.05, 0.1) is 11.1 Å². The van der Waals surface area contributed by atoms with Crippen molar-refractivity contribution in [3.63, 3.8) is 0 Å². The van der Waals surface area contributed by atoms with Gasteiger partial charge in [0.1, 0.15) is 11.6 Å². The topological polar surface area (TPSA) is 26.3 Å². The minimum Gasteiger partial charge on any atom is -0.478 e. The fourth-order valence-electron chi connectivity index (χ4n) is 2.96. The van der Waals surface area contributed by atoms with Crippen molar-refractivity contribution in [2.75, 3.05) is 6.26 Å². The Morgan fingerprint density at radius 3 is 2.33 bits per heavy atom. The van der Waals surface area contributed by atoms with Crippen molar-refractivity contribution < 1.29 is 27.1 Å². The molecule has 3 rings (SSSR count). The van der Waals surface area contributed by atoms with E-state index in [0.717, 1.165) is 6.07 Å². The van der Waals surface area contributed by atoms with Crippen LogP contribution in [0.4, 0.5) is 17.6 Å². The number of carbonyl (C=O) groups excluding carboxylic acids is 1. The Bertz CT molecular complexity index is 945. The van der Waals surface area contributed by atoms with E-state index < -0.39 is 28.9 Å². The summed E-state index contributed by atoms with van der Waals surface area (Å²) in [6.45, 7) is 2.95. The molecular formula is C20H16F4O2S. The number of ether oxygens (including phenoxy) is 1. The molecule has 0 spiro atoms. The van der Waals surface area contributed by atoms with Crippen LogP contribution in [0.15, 0.2) is 47.4 Å². The molecule has 2 aromatic rings. The van der Waals surface area contributed by atoms with Crippen LogP contribution < -0.4 is 0 Å². The van der Waals surface area contributed by atoms with Gasteiger partial charge in [0.15, 0.2) is 5.60 Å². The van der Waals surface area contributed by atoms with Crippen molar-refractivity contribution in [3.05, 3.63) is 65.0 Å². The van der Waals surface area contributed by atoms with Gasteiger partial charge in [-0.3, -0.25) is 4.79 Å². The number of alkyl halides is 3. The molecule has 1 aliphatic heterocycles. The summed E-state index contributed by atoms with van der Waals surface area (Å²) in [4.78, 5) is 13.2. The van der Waals surface area contributed by atoms with Crippen molar-refractivity contribution in [2.24, 2.45) is 0 Å². The largest absolute Gasteiger partial charge is 0.478 e. The Morgan fingerprint density at radius 2 is 1.74 bits per heavy atom. The number of hydrogen-bond acceptors (Lipinski definition) is 3. The molecule has 0 saturated heterocycles. The first kappa shape index (κ1) is 19.5. The van der Waals surface area contributed by atoms with Crippen LogP contribution in [0, 0.1) is 5.82 Å². The first-order valence-electron chi connectivity index (χ1n) is 8.05. The van der Waals surface area contributed by atoms with Crippen LogP contribution in [-0.2, 0) is 15.7 Å². The highest BCUT2D eigenvalue weighted by atomic mass is 32.2. The highest BCUT2D eigenvalue weighted by Gasteiger charge is 2.45. The van der Waals surface area contributed by atoms with E-state index in [2.05, 4.69) is 0 Å². The molecule has 0 bridgehead atoms. The van der Waals surface area contributed by atoms with E-state index in [1.165, 1.54) is 62.0 Å². The first-order valence-corrected chi connectivity index (χ1v) is 9.27. The predicted octanol–water partition coefficient (Wildman–Crippen LogP) is 5.81. The van der Waals surface area contributed by atoms with Gasteiger partial charge >= 0.3 is 6.18 Å². The number of hydrogen-bond donors (Lipinski definition) is 0. The molecule has 2 nitrogen and oxygen atoms in total. The average molecular weight is 396 g/mol. The van der Waals surface area contributed by atoms with Crippen molar-refractivity contribution in [3.8, 4) is 0 Å². The van der Waals surface area contributed by atoms with Crippen LogP contribution in [0.2, 0.25) is 0 Å². The monoisotopic (exact) mass is 396 g/mol. The van der Waals surface area contributed by atoms with Crippen LogP contribution in [-0.4, -0.2) is 17.6 Å². The summed E-state index contributed by atoms with van der Waals surface area (Å²) in [7, 11) is 0. The highest BCUT2D eigenvalue weighted by Crippen LogP contribution is 2.45. The van der Waals surface area contributed by atoms with Crippen LogP contribution in [0.25, 0.3) is 11.3 Å². The van der Waals surface area contributed by atoms with Crippen molar-refractivity contribution in [1.29, 1.82) is 0 Å². The van der Waals surface area contributed by atoms with Crippen LogP contribution in [0.3, 0.4) is 0 Å². The molecule has 142 valence electrons. The lowest BCUT2D eigenvalue weighted by Gasteiger charge is -2.18. The van der Waals surface area contributed by atoms with Crippen LogP contribution in [0.5, 0.6) is 0 Å². The van der Waals surface area contributed by atoms with E-state index >= 15 is 0 Å². The molecule has 0 fully saturated rings. The minimum atomic E-state index is -4.64. The number of thioether (sulfide) groups is 1. The first-order chi connectivity index (χ1) is 12.6. The standard InChI is InChI=1S/C20H16F4O2S/c1-19(2)18(25)16(12-6-4-5-7-13(12)20(22,23)24)17(26-19)11-8-9-15(27-3)14(21)10-11/h4-10H,1-3H3. The van der Waals surface area contributed by atoms with E-state index in [-0.39, 0.29) is 22.5 Å². The van der Waals surface area contributed by atoms with E-state index in [4.69, 9.17) is 4.74 Å². The quantitative estimate of drug-likeness (QED) is 0.484. The van der Waals surface area contributed by atoms with Gasteiger partial charge in [-0.2, -0.15) is 13.2 Å². The Labute approximate surface area is 158 Å². The normalized spacial score (nSPS) is 16.6. The minimum absolute atomic E-state index is 0.0479. The molecule has 0 atom stereocenters. The fourth-order valence-corrected chi connectivity index (χ4v) is 3.42. The molecule has 0 aliphatic carbocycles. The average Bonchev–Trinajstić information content (AvgIpc) is 2.84. The van der Waals surface area contributed by atoms with Gasteiger partial charge in [-0.25, -0.2) is 4.39 Å². The summed E-state index contributed by atoms with van der Waals surface area (Å²) in [6.07, 6.45) is -2.93. The predicted molar refractivity (Wildman–Crippen MR) is 96.6 cm³/mol. The maximum Gasteiger partial charge on any atom is 0.417 e. The number of halogens is 4. The van der Waals surface area contributed by atoms with E-state index in [9.17, 15) is 22.4 Å². The number of Topliss-reactive ketones (excluding diaryl/α,β-unsaturated/α-hetero) is 1. The van der Waals surface area contributed by atoms with Crippen LogP contribution >= 0.6 is 11.8 Å². The number of ketones is 1. The lowest BCUT2D eigenvalue weighted by Crippen LogP contribution is -2.29. The molecule has 0 amide bonds. The summed E-state index contributed by atoms with van der Waals surface area (Å²) in [5.41, 5.74) is -2.53. The van der Waals surface area contributed by atoms with Gasteiger partial charge < -0.3 is 4.74 Å². The lowest BCUT2D eigenvalue weighted by atomic mass is 9.90. The third-order valence-corrected chi connectivity index (χ3v) is 5.04. The number of benzene rings is 2. The van der Waals surface area contributed by atoms with E-state index in [1.807, 2.05) is 0 Å². The summed E-state index contributed by atoms with van der Waals surface area (Å²) >= 11 is 1.20. The van der Waals surface area contributed by atoms with Gasteiger partial charge in [0.25, 0.3) is 0 Å². The molecule has 1 aliphatic rings. The Morgan fingerprint density at radius 1 is 1.07 bits per heavy atom. The van der Waals surface area contributed by atoms with Crippen LogP contribution in [0.1, 0.15) is 30.5 Å². The summed E-state index contributed by atoms with van der Waals surface area (Å²) < 4.78 is 60.4. The molecule has 7 heteroatoms. The zero-order valence-electron chi connectivity index (χ0n) is 14.8. The SMILES string of the molecule is CSc1ccc(C2=C(c3ccccc3C(F)(F)F)C(=O)C(C)(C)O2)cc1F. The van der Waals surface area contributed by atoms with Gasteiger partial charge in [-0.15, -0.1) is 11.8 Å². The maximum atomic E-state index is 14.2. The van der Waals surface area contributed by atoms with Gasteiger partial charge in [0, 0.05) is 16.0 Å². The zero-order valence-corrected chi connectivity index (χ0v) is 15.6. The summed E-state index contributed by atoms with van der Waals surface area (Å²) in [5, 5.41) is 0. The Balaban J connectivity index is 2.28. The molecule has 27 heavy (non-hydrogen) atoms. The van der Waals surface area contributed by atoms with Gasteiger partial charge in [-0.1, -0.05) is 18.2 Å². The lowest BCUT2D eigenvalue weighted by molar-refractivity contribution is -0.137. The molecule has 2 aromatic carbocycles. The van der Waals surface area contributed by atoms with E-state index in [0.29, 0.717) is 4.90 Å². The smallest absolute Gasteiger partial charge is 0.417 e. The molecular weight excluding hydrogens is 380 g/mol.